The third-order valence-corrected chi connectivity index (χ3v) is 1.58. The van der Waals surface area contributed by atoms with Gasteiger partial charge >= 0.3 is 5.91 Å². The molecule has 0 aliphatic heterocycles. The zero-order chi connectivity index (χ0) is 8.20. The fraction of sp³-hybridized carbons (Fsp3) is 0.857. The number of carbonyl (C=O) groups excluding carboxylic acids is 1. The molecule has 0 aromatic carbocycles. The molecule has 0 atom stereocenters. The second-order valence-corrected chi connectivity index (χ2v) is 2.95. The standard InChI is InChI=1S/C7H15NO2/c1-4-5-8(2,3)7(10)6-9/h4-6H2,1-3H3/q+1. The molecule has 3 heteroatoms. The molecular formula is C7H15NO2+. The SMILES string of the molecule is CCC[N+](C)(C)C(=O)C[O]. The number of amides is 1. The summed E-state index contributed by atoms with van der Waals surface area (Å²) in [6, 6.07) is 0. The highest BCUT2D eigenvalue weighted by atomic mass is 16.3. The summed E-state index contributed by atoms with van der Waals surface area (Å²) >= 11 is 0. The Balaban J connectivity index is 3.96. The van der Waals surface area contributed by atoms with E-state index < -0.39 is 6.61 Å². The minimum Gasteiger partial charge on any atom is -0.263 e. The van der Waals surface area contributed by atoms with Crippen LogP contribution in [-0.2, 0) is 9.90 Å². The van der Waals surface area contributed by atoms with Crippen LogP contribution in [0.15, 0.2) is 0 Å². The van der Waals surface area contributed by atoms with Crippen LogP contribution >= 0.6 is 0 Å². The van der Waals surface area contributed by atoms with Gasteiger partial charge in [0.25, 0.3) is 0 Å². The Morgan fingerprint density at radius 1 is 1.40 bits per heavy atom. The summed E-state index contributed by atoms with van der Waals surface area (Å²) in [6.07, 6.45) is 0.929. The van der Waals surface area contributed by atoms with Crippen LogP contribution < -0.4 is 0 Å². The van der Waals surface area contributed by atoms with E-state index in [1.165, 1.54) is 0 Å². The number of carbonyl (C=O) groups is 1. The normalized spacial score (nSPS) is 11.6. The van der Waals surface area contributed by atoms with Crippen molar-refractivity contribution in [3.63, 3.8) is 0 Å². The maximum absolute atomic E-state index is 10.9. The Kier molecular flexibility index (Phi) is 3.53. The number of quaternary nitrogens is 1. The first-order valence-electron chi connectivity index (χ1n) is 3.49. The predicted octanol–water partition coefficient (Wildman–Crippen LogP) is 0.430. The van der Waals surface area contributed by atoms with Gasteiger partial charge in [-0.05, 0) is 6.42 Å². The summed E-state index contributed by atoms with van der Waals surface area (Å²) < 4.78 is 0.222. The van der Waals surface area contributed by atoms with E-state index in [1.54, 1.807) is 14.1 Å². The Morgan fingerprint density at radius 3 is 2.20 bits per heavy atom. The molecule has 1 amide bonds. The van der Waals surface area contributed by atoms with Gasteiger partial charge in [0.05, 0.1) is 20.6 Å². The summed E-state index contributed by atoms with van der Waals surface area (Å²) in [5.41, 5.74) is 0. The maximum atomic E-state index is 10.9. The molecule has 59 valence electrons. The molecule has 0 heterocycles. The molecule has 3 nitrogen and oxygen atoms in total. The highest BCUT2D eigenvalue weighted by molar-refractivity contribution is 5.69. The first kappa shape index (κ1) is 9.59. The quantitative estimate of drug-likeness (QED) is 0.530. The van der Waals surface area contributed by atoms with Crippen molar-refractivity contribution >= 4 is 5.91 Å². The predicted molar refractivity (Wildman–Crippen MR) is 37.8 cm³/mol. The van der Waals surface area contributed by atoms with Crippen molar-refractivity contribution in [2.75, 3.05) is 27.2 Å². The first-order valence-corrected chi connectivity index (χ1v) is 3.49. The van der Waals surface area contributed by atoms with Gasteiger partial charge in [0, 0.05) is 0 Å². The molecule has 0 fully saturated rings. The van der Waals surface area contributed by atoms with E-state index in [4.69, 9.17) is 0 Å². The third kappa shape index (κ3) is 2.45. The molecule has 10 heavy (non-hydrogen) atoms. The fourth-order valence-electron chi connectivity index (χ4n) is 0.858. The van der Waals surface area contributed by atoms with Crippen molar-refractivity contribution in [1.29, 1.82) is 0 Å². The summed E-state index contributed by atoms with van der Waals surface area (Å²) in [7, 11) is 3.54. The van der Waals surface area contributed by atoms with Crippen molar-refractivity contribution in [1.82, 2.24) is 0 Å². The van der Waals surface area contributed by atoms with Crippen LogP contribution in [0.25, 0.3) is 0 Å². The molecule has 0 rings (SSSR count). The Morgan fingerprint density at radius 2 is 1.90 bits per heavy atom. The van der Waals surface area contributed by atoms with Gasteiger partial charge < -0.3 is 0 Å². The molecule has 0 unspecified atom stereocenters. The largest absolute Gasteiger partial charge is 0.342 e. The van der Waals surface area contributed by atoms with Crippen LogP contribution in [0.5, 0.6) is 0 Å². The molecule has 0 aromatic heterocycles. The molecule has 0 bridgehead atoms. The minimum atomic E-state index is -0.604. The Labute approximate surface area is 61.9 Å². The van der Waals surface area contributed by atoms with Gasteiger partial charge in [0.2, 0.25) is 0 Å². The molecule has 1 radical (unpaired) electrons. The number of nitrogens with zero attached hydrogens (tertiary/aromatic N) is 1. The lowest BCUT2D eigenvalue weighted by atomic mass is 10.3. The summed E-state index contributed by atoms with van der Waals surface area (Å²) in [6.45, 7) is 2.14. The smallest absolute Gasteiger partial charge is 0.263 e. The molecule has 0 saturated carbocycles. The van der Waals surface area contributed by atoms with E-state index in [0.29, 0.717) is 0 Å². The van der Waals surface area contributed by atoms with Crippen LogP contribution in [0.1, 0.15) is 13.3 Å². The van der Waals surface area contributed by atoms with Gasteiger partial charge in [-0.15, -0.1) is 0 Å². The van der Waals surface area contributed by atoms with E-state index >= 15 is 0 Å². The van der Waals surface area contributed by atoms with Gasteiger partial charge in [-0.3, -0.25) is 4.48 Å². The Hall–Kier alpha value is -0.410. The van der Waals surface area contributed by atoms with Gasteiger partial charge in [0.1, 0.15) is 0 Å². The number of hydrogen-bond donors (Lipinski definition) is 0. The molecule has 0 spiro atoms. The molecular weight excluding hydrogens is 130 g/mol. The van der Waals surface area contributed by atoms with Crippen molar-refractivity contribution in [2.45, 2.75) is 13.3 Å². The average molecular weight is 145 g/mol. The number of hydrogen-bond acceptors (Lipinski definition) is 1. The lowest BCUT2D eigenvalue weighted by Crippen LogP contribution is -2.47. The molecule has 0 aliphatic rings. The number of rotatable bonds is 3. The highest BCUT2D eigenvalue weighted by Crippen LogP contribution is 1.99. The van der Waals surface area contributed by atoms with Crippen molar-refractivity contribution < 1.29 is 14.4 Å². The van der Waals surface area contributed by atoms with Gasteiger partial charge in [0.15, 0.2) is 6.61 Å². The summed E-state index contributed by atoms with van der Waals surface area (Å²) in [4.78, 5) is 10.9. The van der Waals surface area contributed by atoms with Crippen molar-refractivity contribution in [3.8, 4) is 0 Å². The second kappa shape index (κ2) is 3.68. The molecule has 0 aromatic rings. The highest BCUT2D eigenvalue weighted by Gasteiger charge is 2.23. The van der Waals surface area contributed by atoms with E-state index in [0.717, 1.165) is 13.0 Å². The van der Waals surface area contributed by atoms with Gasteiger partial charge in [-0.2, -0.15) is 0 Å². The van der Waals surface area contributed by atoms with Crippen molar-refractivity contribution in [2.24, 2.45) is 0 Å². The van der Waals surface area contributed by atoms with Gasteiger partial charge in [-0.25, -0.2) is 9.90 Å². The zero-order valence-corrected chi connectivity index (χ0v) is 6.89. The third-order valence-electron chi connectivity index (χ3n) is 1.58. The first-order chi connectivity index (χ1) is 4.54. The van der Waals surface area contributed by atoms with Crippen LogP contribution in [0, 0.1) is 0 Å². The zero-order valence-electron chi connectivity index (χ0n) is 6.89. The van der Waals surface area contributed by atoms with E-state index in [9.17, 15) is 9.90 Å². The lowest BCUT2D eigenvalue weighted by Gasteiger charge is -2.24. The second-order valence-electron chi connectivity index (χ2n) is 2.95. The number of likely N-dealkylation sites (N-methyl/N-ethyl adjacent to an activating group) is 1. The van der Waals surface area contributed by atoms with Crippen molar-refractivity contribution in [3.05, 3.63) is 0 Å². The maximum Gasteiger partial charge on any atom is 0.342 e. The molecule has 0 saturated heterocycles. The van der Waals surface area contributed by atoms with Crippen LogP contribution in [0.2, 0.25) is 0 Å². The monoisotopic (exact) mass is 145 g/mol. The Bertz CT molecular complexity index is 121. The molecule has 0 aliphatic carbocycles. The van der Waals surface area contributed by atoms with Crippen LogP contribution in [0.4, 0.5) is 0 Å². The lowest BCUT2D eigenvalue weighted by molar-refractivity contribution is -0.814. The summed E-state index contributed by atoms with van der Waals surface area (Å²) in [5.74, 6) is -0.234. The fourth-order valence-corrected chi connectivity index (χ4v) is 0.858. The van der Waals surface area contributed by atoms with E-state index in [1.807, 2.05) is 6.92 Å². The van der Waals surface area contributed by atoms with E-state index in [-0.39, 0.29) is 10.4 Å². The topological polar surface area (TPSA) is 37.0 Å². The van der Waals surface area contributed by atoms with Crippen LogP contribution in [-0.4, -0.2) is 37.6 Å². The average Bonchev–Trinajstić information content (AvgIpc) is 1.86. The molecule has 0 N–H and O–H groups in total. The minimum absolute atomic E-state index is 0.222. The van der Waals surface area contributed by atoms with Gasteiger partial charge in [-0.1, -0.05) is 6.92 Å². The summed E-state index contributed by atoms with van der Waals surface area (Å²) in [5, 5.41) is 10.2. The van der Waals surface area contributed by atoms with E-state index in [2.05, 4.69) is 0 Å². The van der Waals surface area contributed by atoms with Crippen LogP contribution in [0.3, 0.4) is 0 Å².